The van der Waals surface area contributed by atoms with E-state index in [2.05, 4.69) is 0 Å². The topological polar surface area (TPSA) is 43.9 Å². The number of hydrogen-bond donors (Lipinski definition) is 0. The van der Waals surface area contributed by atoms with Crippen LogP contribution in [0.3, 0.4) is 0 Å². The second-order valence-corrected chi connectivity index (χ2v) is 6.52. The molecule has 1 atom stereocenters. The van der Waals surface area contributed by atoms with E-state index >= 15 is 0 Å². The highest BCUT2D eigenvalue weighted by molar-refractivity contribution is 5.91. The van der Waals surface area contributed by atoms with Crippen LogP contribution in [0.25, 0.3) is 0 Å². The Morgan fingerprint density at radius 1 is 0.800 bits per heavy atom. The second kappa shape index (κ2) is 6.59. The van der Waals surface area contributed by atoms with E-state index in [9.17, 15) is 9.59 Å². The largest absolute Gasteiger partial charge is 0.353 e. The van der Waals surface area contributed by atoms with Gasteiger partial charge in [0, 0.05) is 12.2 Å². The Labute approximate surface area is 147 Å². The smallest absolute Gasteiger partial charge is 0.261 e. The summed E-state index contributed by atoms with van der Waals surface area (Å²) in [7, 11) is 0. The van der Waals surface area contributed by atoms with Crippen LogP contribution in [0.2, 0.25) is 0 Å². The minimum absolute atomic E-state index is 0.0182. The van der Waals surface area contributed by atoms with Crippen LogP contribution in [0.15, 0.2) is 60.7 Å². The third-order valence-corrected chi connectivity index (χ3v) is 4.90. The molecule has 0 radical (unpaired) electrons. The molecule has 25 heavy (non-hydrogen) atoms. The lowest BCUT2D eigenvalue weighted by Gasteiger charge is -2.43. The van der Waals surface area contributed by atoms with Crippen LogP contribution in [-0.2, 0) is 9.59 Å². The average molecular weight is 335 g/mol. The van der Waals surface area contributed by atoms with Crippen molar-refractivity contribution in [1.82, 2.24) is 10.0 Å². The molecule has 2 heterocycles. The maximum absolute atomic E-state index is 13.1. The Bertz CT molecular complexity index is 763. The minimum atomic E-state index is -0.0675. The van der Waals surface area contributed by atoms with Crippen molar-refractivity contribution in [2.45, 2.75) is 18.9 Å². The SMILES string of the molecule is O=C1CN(c2ccccc2)CC(=O)N2C(c3ccccc3)CCCN12. The van der Waals surface area contributed by atoms with Gasteiger partial charge < -0.3 is 4.90 Å². The predicted octanol–water partition coefficient (Wildman–Crippen LogP) is 2.61. The lowest BCUT2D eigenvalue weighted by molar-refractivity contribution is -0.171. The van der Waals surface area contributed by atoms with Gasteiger partial charge in [-0.15, -0.1) is 0 Å². The summed E-state index contributed by atoms with van der Waals surface area (Å²) < 4.78 is 0. The molecule has 128 valence electrons. The van der Waals surface area contributed by atoms with Crippen LogP contribution in [0.4, 0.5) is 5.69 Å². The van der Waals surface area contributed by atoms with Gasteiger partial charge in [0.05, 0.1) is 19.1 Å². The molecular formula is C20H21N3O2. The summed E-state index contributed by atoms with van der Waals surface area (Å²) >= 11 is 0. The molecule has 2 fully saturated rings. The van der Waals surface area contributed by atoms with Gasteiger partial charge >= 0.3 is 0 Å². The maximum atomic E-state index is 13.1. The molecule has 2 amide bonds. The molecule has 0 aliphatic carbocycles. The number of carbonyl (C=O) groups is 2. The van der Waals surface area contributed by atoms with Crippen molar-refractivity contribution >= 4 is 17.5 Å². The van der Waals surface area contributed by atoms with Crippen LogP contribution in [0.5, 0.6) is 0 Å². The zero-order valence-electron chi connectivity index (χ0n) is 14.0. The second-order valence-electron chi connectivity index (χ2n) is 6.52. The molecule has 2 aliphatic heterocycles. The summed E-state index contributed by atoms with van der Waals surface area (Å²) in [6.07, 6.45) is 1.78. The van der Waals surface area contributed by atoms with E-state index in [4.69, 9.17) is 0 Å². The lowest BCUT2D eigenvalue weighted by Crippen LogP contribution is -2.54. The van der Waals surface area contributed by atoms with E-state index in [0.29, 0.717) is 6.54 Å². The molecule has 4 rings (SSSR count). The summed E-state index contributed by atoms with van der Waals surface area (Å²) in [4.78, 5) is 27.8. The van der Waals surface area contributed by atoms with Gasteiger partial charge in [0.25, 0.3) is 11.8 Å². The Hall–Kier alpha value is -2.82. The molecule has 0 saturated carbocycles. The Balaban J connectivity index is 1.67. The summed E-state index contributed by atoms with van der Waals surface area (Å²) in [5, 5.41) is 3.36. The Kier molecular flexibility index (Phi) is 4.14. The molecular weight excluding hydrogens is 314 g/mol. The van der Waals surface area contributed by atoms with Gasteiger partial charge in [0.15, 0.2) is 0 Å². The maximum Gasteiger partial charge on any atom is 0.261 e. The number of benzene rings is 2. The number of rotatable bonds is 2. The normalized spacial score (nSPS) is 21.1. The van der Waals surface area contributed by atoms with Crippen molar-refractivity contribution in [3.05, 3.63) is 66.2 Å². The molecule has 2 aromatic rings. The van der Waals surface area contributed by atoms with E-state index in [1.807, 2.05) is 65.6 Å². The first-order chi connectivity index (χ1) is 12.2. The highest BCUT2D eigenvalue weighted by atomic mass is 16.2. The number of amides is 2. The standard InChI is InChI=1S/C20H21N3O2/c24-19-14-21(17-10-5-2-6-11-17)15-20(25)23-18(12-7-13-22(19)23)16-8-3-1-4-9-16/h1-6,8-11,18H,7,12-15H2. The third kappa shape index (κ3) is 2.97. The van der Waals surface area contributed by atoms with Crippen LogP contribution in [-0.4, -0.2) is 41.5 Å². The number of carbonyl (C=O) groups excluding carboxylic acids is 2. The number of nitrogens with zero attached hydrogens (tertiary/aromatic N) is 3. The molecule has 0 spiro atoms. The fourth-order valence-electron chi connectivity index (χ4n) is 3.73. The van der Waals surface area contributed by atoms with Crippen molar-refractivity contribution in [3.63, 3.8) is 0 Å². The van der Waals surface area contributed by atoms with Crippen LogP contribution < -0.4 is 4.90 Å². The summed E-state index contributed by atoms with van der Waals surface area (Å²) in [6.45, 7) is 1.06. The average Bonchev–Trinajstić information content (AvgIpc) is 2.80. The zero-order valence-corrected chi connectivity index (χ0v) is 14.0. The molecule has 2 aromatic carbocycles. The highest BCUT2D eigenvalue weighted by Gasteiger charge is 2.40. The number of para-hydroxylation sites is 1. The Morgan fingerprint density at radius 3 is 2.16 bits per heavy atom. The van der Waals surface area contributed by atoms with Crippen molar-refractivity contribution in [2.24, 2.45) is 0 Å². The molecule has 1 unspecified atom stereocenters. The van der Waals surface area contributed by atoms with E-state index in [1.165, 1.54) is 0 Å². The number of hydrazine groups is 1. The predicted molar refractivity (Wildman–Crippen MR) is 95.6 cm³/mol. The van der Waals surface area contributed by atoms with Crippen LogP contribution >= 0.6 is 0 Å². The monoisotopic (exact) mass is 335 g/mol. The molecule has 0 N–H and O–H groups in total. The summed E-state index contributed by atoms with van der Waals surface area (Å²) in [6, 6.07) is 19.6. The summed E-state index contributed by atoms with van der Waals surface area (Å²) in [5.74, 6) is -0.0430. The fourth-order valence-corrected chi connectivity index (χ4v) is 3.73. The third-order valence-electron chi connectivity index (χ3n) is 4.90. The van der Waals surface area contributed by atoms with Crippen LogP contribution in [0.1, 0.15) is 24.4 Å². The van der Waals surface area contributed by atoms with Gasteiger partial charge in [-0.2, -0.15) is 0 Å². The van der Waals surface area contributed by atoms with Gasteiger partial charge in [-0.05, 0) is 30.5 Å². The number of anilines is 1. The Morgan fingerprint density at radius 2 is 1.44 bits per heavy atom. The van der Waals surface area contributed by atoms with E-state index in [-0.39, 0.29) is 30.9 Å². The van der Waals surface area contributed by atoms with Gasteiger partial charge in [-0.25, -0.2) is 10.0 Å². The first-order valence-electron chi connectivity index (χ1n) is 8.71. The van der Waals surface area contributed by atoms with E-state index in [1.54, 1.807) is 10.0 Å². The number of hydrogen-bond acceptors (Lipinski definition) is 3. The van der Waals surface area contributed by atoms with Gasteiger partial charge in [0.1, 0.15) is 0 Å². The van der Waals surface area contributed by atoms with Crippen molar-refractivity contribution in [3.8, 4) is 0 Å². The zero-order chi connectivity index (χ0) is 17.2. The van der Waals surface area contributed by atoms with Crippen molar-refractivity contribution in [1.29, 1.82) is 0 Å². The van der Waals surface area contributed by atoms with Gasteiger partial charge in [-0.3, -0.25) is 9.59 Å². The molecule has 5 nitrogen and oxygen atoms in total. The van der Waals surface area contributed by atoms with Gasteiger partial charge in [-0.1, -0.05) is 48.5 Å². The van der Waals surface area contributed by atoms with E-state index < -0.39 is 0 Å². The highest BCUT2D eigenvalue weighted by Crippen LogP contribution is 2.33. The quantitative estimate of drug-likeness (QED) is 0.847. The van der Waals surface area contributed by atoms with Crippen LogP contribution in [0, 0.1) is 0 Å². The molecule has 2 aliphatic rings. The van der Waals surface area contributed by atoms with E-state index in [0.717, 1.165) is 24.1 Å². The number of fused-ring (bicyclic) bond motifs is 1. The molecule has 0 bridgehead atoms. The van der Waals surface area contributed by atoms with Crippen molar-refractivity contribution < 1.29 is 9.59 Å². The first kappa shape index (κ1) is 15.7. The first-order valence-corrected chi connectivity index (χ1v) is 8.71. The molecule has 5 heteroatoms. The summed E-state index contributed by atoms with van der Waals surface area (Å²) in [5.41, 5.74) is 1.99. The van der Waals surface area contributed by atoms with Crippen molar-refractivity contribution in [2.75, 3.05) is 24.5 Å². The molecule has 0 aromatic heterocycles. The lowest BCUT2D eigenvalue weighted by atomic mass is 9.99. The minimum Gasteiger partial charge on any atom is -0.353 e. The fraction of sp³-hybridized carbons (Fsp3) is 0.300. The molecule has 2 saturated heterocycles. The van der Waals surface area contributed by atoms with Gasteiger partial charge in [0.2, 0.25) is 0 Å².